The van der Waals surface area contributed by atoms with Gasteiger partial charge in [0.2, 0.25) is 0 Å². The lowest BCUT2D eigenvalue weighted by Crippen LogP contribution is -2.38. The Hall–Kier alpha value is -0.910. The first-order valence-corrected chi connectivity index (χ1v) is 5.11. The minimum absolute atomic E-state index is 0.00606. The van der Waals surface area contributed by atoms with Crippen LogP contribution < -0.4 is 5.73 Å². The molecule has 0 saturated heterocycles. The van der Waals surface area contributed by atoms with Crippen molar-refractivity contribution < 1.29 is 9.84 Å². The number of aromatic nitrogens is 2. The van der Waals surface area contributed by atoms with E-state index in [2.05, 4.69) is 4.98 Å². The lowest BCUT2D eigenvalue weighted by Gasteiger charge is -2.24. The molecule has 0 spiro atoms. The fourth-order valence-electron chi connectivity index (χ4n) is 1.65. The summed E-state index contributed by atoms with van der Waals surface area (Å²) < 4.78 is 6.91. The lowest BCUT2D eigenvalue weighted by atomic mass is 10.1. The molecule has 0 fully saturated rings. The summed E-state index contributed by atoms with van der Waals surface area (Å²) in [7, 11) is 1.60. The third-order valence-electron chi connectivity index (χ3n) is 2.46. The number of ether oxygens (including phenoxy) is 1. The summed E-state index contributed by atoms with van der Waals surface area (Å²) in [6.45, 7) is 2.44. The number of imidazole rings is 1. The molecule has 0 bridgehead atoms. The topological polar surface area (TPSA) is 73.3 Å². The van der Waals surface area contributed by atoms with Crippen molar-refractivity contribution in [1.29, 1.82) is 0 Å². The minimum atomic E-state index is -0.223. The molecule has 0 radical (unpaired) electrons. The van der Waals surface area contributed by atoms with E-state index >= 15 is 0 Å². The predicted molar refractivity (Wildman–Crippen MR) is 57.6 cm³/mol. The van der Waals surface area contributed by atoms with Crippen molar-refractivity contribution in [3.8, 4) is 0 Å². The molecule has 0 amide bonds. The van der Waals surface area contributed by atoms with Crippen LogP contribution in [0.25, 0.3) is 0 Å². The second kappa shape index (κ2) is 5.85. The maximum absolute atomic E-state index is 9.33. The summed E-state index contributed by atoms with van der Waals surface area (Å²) in [5.74, 6) is 0.931. The molecule has 5 nitrogen and oxygen atoms in total. The molecule has 1 heterocycles. The van der Waals surface area contributed by atoms with Crippen molar-refractivity contribution in [2.24, 2.45) is 5.73 Å². The lowest BCUT2D eigenvalue weighted by molar-refractivity contribution is 0.128. The summed E-state index contributed by atoms with van der Waals surface area (Å²) in [5, 5.41) is 9.33. The van der Waals surface area contributed by atoms with Gasteiger partial charge in [-0.3, -0.25) is 0 Å². The maximum Gasteiger partial charge on any atom is 0.108 e. The second-order valence-corrected chi connectivity index (χ2v) is 3.47. The Morgan fingerprint density at radius 2 is 2.40 bits per heavy atom. The number of nitrogens with zero attached hydrogens (tertiary/aromatic N) is 2. The SMILES string of the molecule is CCc1nccn1C(CO)C(N)COC. The average Bonchev–Trinajstić information content (AvgIpc) is 2.67. The summed E-state index contributed by atoms with van der Waals surface area (Å²) in [5.41, 5.74) is 5.92. The maximum atomic E-state index is 9.33. The van der Waals surface area contributed by atoms with Gasteiger partial charge in [0.15, 0.2) is 0 Å². The van der Waals surface area contributed by atoms with Gasteiger partial charge in [-0.05, 0) is 0 Å². The fourth-order valence-corrected chi connectivity index (χ4v) is 1.65. The van der Waals surface area contributed by atoms with E-state index in [0.29, 0.717) is 6.61 Å². The van der Waals surface area contributed by atoms with E-state index < -0.39 is 0 Å². The minimum Gasteiger partial charge on any atom is -0.394 e. The van der Waals surface area contributed by atoms with Gasteiger partial charge in [-0.2, -0.15) is 0 Å². The molecular formula is C10H19N3O2. The number of hydrogen-bond donors (Lipinski definition) is 2. The van der Waals surface area contributed by atoms with E-state index in [1.807, 2.05) is 17.7 Å². The van der Waals surface area contributed by atoms with E-state index in [1.54, 1.807) is 13.3 Å². The molecule has 2 atom stereocenters. The molecule has 1 aromatic heterocycles. The number of aryl methyl sites for hydroxylation is 1. The van der Waals surface area contributed by atoms with Crippen molar-refractivity contribution in [2.75, 3.05) is 20.3 Å². The largest absolute Gasteiger partial charge is 0.394 e. The molecule has 0 aliphatic carbocycles. The first-order valence-electron chi connectivity index (χ1n) is 5.11. The van der Waals surface area contributed by atoms with E-state index in [0.717, 1.165) is 12.2 Å². The smallest absolute Gasteiger partial charge is 0.108 e. The Bertz CT molecular complexity index is 288. The molecule has 1 aromatic rings. The summed E-state index contributed by atoms with van der Waals surface area (Å²) in [6, 6.07) is -0.387. The Morgan fingerprint density at radius 1 is 1.67 bits per heavy atom. The number of methoxy groups -OCH3 is 1. The first kappa shape index (κ1) is 12.2. The van der Waals surface area contributed by atoms with Crippen LogP contribution in [0.15, 0.2) is 12.4 Å². The van der Waals surface area contributed by atoms with Crippen molar-refractivity contribution in [3.63, 3.8) is 0 Å². The normalized spacial score (nSPS) is 15.2. The zero-order valence-electron chi connectivity index (χ0n) is 9.26. The van der Waals surface area contributed by atoms with Gasteiger partial charge in [0.05, 0.1) is 25.3 Å². The van der Waals surface area contributed by atoms with Crippen molar-refractivity contribution in [1.82, 2.24) is 9.55 Å². The molecule has 86 valence electrons. The van der Waals surface area contributed by atoms with Crippen LogP contribution in [0.5, 0.6) is 0 Å². The summed E-state index contributed by atoms with van der Waals surface area (Å²) in [4.78, 5) is 4.20. The van der Waals surface area contributed by atoms with E-state index in [9.17, 15) is 5.11 Å². The monoisotopic (exact) mass is 213 g/mol. The summed E-state index contributed by atoms with van der Waals surface area (Å²) in [6.07, 6.45) is 4.39. The molecule has 2 unspecified atom stereocenters. The van der Waals surface area contributed by atoms with E-state index in [4.69, 9.17) is 10.5 Å². The number of aliphatic hydroxyl groups is 1. The second-order valence-electron chi connectivity index (χ2n) is 3.47. The third kappa shape index (κ3) is 2.77. The zero-order chi connectivity index (χ0) is 11.3. The molecule has 0 aliphatic rings. The molecule has 0 aromatic carbocycles. The number of nitrogens with two attached hydrogens (primary N) is 1. The van der Waals surface area contributed by atoms with Gasteiger partial charge >= 0.3 is 0 Å². The standard InChI is InChI=1S/C10H19N3O2/c1-3-10-12-4-5-13(10)9(6-14)8(11)7-15-2/h4-5,8-9,14H,3,6-7,11H2,1-2H3. The zero-order valence-corrected chi connectivity index (χ0v) is 9.26. The Balaban J connectivity index is 2.81. The van der Waals surface area contributed by atoms with E-state index in [1.165, 1.54) is 0 Å². The predicted octanol–water partition coefficient (Wildman–Crippen LogP) is -0.0474. The van der Waals surface area contributed by atoms with E-state index in [-0.39, 0.29) is 18.7 Å². The van der Waals surface area contributed by atoms with Gasteiger partial charge in [-0.1, -0.05) is 6.92 Å². The van der Waals surface area contributed by atoms with Crippen molar-refractivity contribution >= 4 is 0 Å². The highest BCUT2D eigenvalue weighted by atomic mass is 16.5. The highest BCUT2D eigenvalue weighted by molar-refractivity contribution is 4.97. The van der Waals surface area contributed by atoms with Crippen molar-refractivity contribution in [3.05, 3.63) is 18.2 Å². The molecule has 3 N–H and O–H groups in total. The number of rotatable bonds is 6. The third-order valence-corrected chi connectivity index (χ3v) is 2.46. The summed E-state index contributed by atoms with van der Waals surface area (Å²) >= 11 is 0. The van der Waals surface area contributed by atoms with Crippen LogP contribution in [0.4, 0.5) is 0 Å². The number of hydrogen-bond acceptors (Lipinski definition) is 4. The molecule has 15 heavy (non-hydrogen) atoms. The fraction of sp³-hybridized carbons (Fsp3) is 0.700. The molecule has 1 rings (SSSR count). The number of aliphatic hydroxyl groups excluding tert-OH is 1. The van der Waals surface area contributed by atoms with Crippen LogP contribution in [0.2, 0.25) is 0 Å². The Labute approximate surface area is 89.9 Å². The van der Waals surface area contributed by atoms with Gasteiger partial charge in [0.25, 0.3) is 0 Å². The van der Waals surface area contributed by atoms with Crippen molar-refractivity contribution in [2.45, 2.75) is 25.4 Å². The van der Waals surface area contributed by atoms with Gasteiger partial charge < -0.3 is 20.1 Å². The molecule has 0 aliphatic heterocycles. The Morgan fingerprint density at radius 3 is 2.93 bits per heavy atom. The van der Waals surface area contributed by atoms with Crippen LogP contribution in [0, 0.1) is 0 Å². The van der Waals surface area contributed by atoms with Crippen LogP contribution in [-0.4, -0.2) is 41.0 Å². The molecule has 5 heteroatoms. The highest BCUT2D eigenvalue weighted by Gasteiger charge is 2.20. The first-order chi connectivity index (χ1) is 7.24. The Kier molecular flexibility index (Phi) is 4.74. The highest BCUT2D eigenvalue weighted by Crippen LogP contribution is 2.13. The van der Waals surface area contributed by atoms with Crippen LogP contribution in [0.1, 0.15) is 18.8 Å². The van der Waals surface area contributed by atoms with Crippen LogP contribution in [-0.2, 0) is 11.2 Å². The van der Waals surface area contributed by atoms with Gasteiger partial charge in [0, 0.05) is 25.9 Å². The van der Waals surface area contributed by atoms with Gasteiger partial charge in [0.1, 0.15) is 5.82 Å². The molecular weight excluding hydrogens is 194 g/mol. The van der Waals surface area contributed by atoms with Gasteiger partial charge in [-0.15, -0.1) is 0 Å². The quantitative estimate of drug-likeness (QED) is 0.695. The van der Waals surface area contributed by atoms with Crippen LogP contribution in [0.3, 0.4) is 0 Å². The average molecular weight is 213 g/mol. The van der Waals surface area contributed by atoms with Gasteiger partial charge in [-0.25, -0.2) is 4.98 Å². The van der Waals surface area contributed by atoms with Crippen LogP contribution >= 0.6 is 0 Å². The molecule has 0 saturated carbocycles.